The maximum atomic E-state index is 11.9. The van der Waals surface area contributed by atoms with Crippen LogP contribution in [0.4, 0.5) is 0 Å². The zero-order chi connectivity index (χ0) is 11.6. The van der Waals surface area contributed by atoms with Gasteiger partial charge in [0.15, 0.2) is 0 Å². The number of ether oxygens (including phenoxy) is 1. The molecular formula is C12H20BrNO2. The second-order valence-electron chi connectivity index (χ2n) is 5.21. The summed E-state index contributed by atoms with van der Waals surface area (Å²) in [6.45, 7) is 3.64. The monoisotopic (exact) mass is 289 g/mol. The lowest BCUT2D eigenvalue weighted by Gasteiger charge is -2.18. The summed E-state index contributed by atoms with van der Waals surface area (Å²) in [4.78, 5) is 11.9. The Morgan fingerprint density at radius 2 is 2.31 bits per heavy atom. The van der Waals surface area contributed by atoms with Crippen LogP contribution in [-0.2, 0) is 9.53 Å². The van der Waals surface area contributed by atoms with Gasteiger partial charge in [0.25, 0.3) is 0 Å². The Morgan fingerprint density at radius 1 is 1.56 bits per heavy atom. The van der Waals surface area contributed by atoms with Crippen molar-refractivity contribution in [3.05, 3.63) is 0 Å². The molecule has 0 bridgehead atoms. The van der Waals surface area contributed by atoms with Gasteiger partial charge in [0, 0.05) is 18.5 Å². The molecule has 2 rings (SSSR count). The van der Waals surface area contributed by atoms with Crippen molar-refractivity contribution < 1.29 is 9.53 Å². The van der Waals surface area contributed by atoms with E-state index in [0.717, 1.165) is 31.3 Å². The van der Waals surface area contributed by atoms with E-state index < -0.39 is 0 Å². The summed E-state index contributed by atoms with van der Waals surface area (Å²) in [7, 11) is 0. The first kappa shape index (κ1) is 12.4. The van der Waals surface area contributed by atoms with Crippen molar-refractivity contribution in [2.45, 2.75) is 38.7 Å². The van der Waals surface area contributed by atoms with Crippen molar-refractivity contribution in [3.8, 4) is 0 Å². The standard InChI is InChI=1S/C12H20BrNO2/c1-9-2-7-16-10(9)11(15)14-8-12(3-4-12)5-6-13/h9-10H,2-8H2,1H3,(H,14,15). The zero-order valence-corrected chi connectivity index (χ0v) is 11.4. The third kappa shape index (κ3) is 2.77. The second-order valence-corrected chi connectivity index (χ2v) is 6.01. The van der Waals surface area contributed by atoms with Gasteiger partial charge < -0.3 is 10.1 Å². The molecule has 1 heterocycles. The molecule has 92 valence electrons. The summed E-state index contributed by atoms with van der Waals surface area (Å²) in [6, 6.07) is 0. The molecule has 0 spiro atoms. The number of rotatable bonds is 5. The largest absolute Gasteiger partial charge is 0.368 e. The average Bonchev–Trinajstić information content (AvgIpc) is 2.89. The predicted octanol–water partition coefficient (Wildman–Crippen LogP) is 2.09. The van der Waals surface area contributed by atoms with E-state index in [4.69, 9.17) is 4.74 Å². The number of nitrogens with one attached hydrogen (secondary N) is 1. The Balaban J connectivity index is 1.75. The van der Waals surface area contributed by atoms with Crippen molar-refractivity contribution in [2.75, 3.05) is 18.5 Å². The first-order valence-electron chi connectivity index (χ1n) is 6.12. The molecule has 2 atom stereocenters. The van der Waals surface area contributed by atoms with Crippen LogP contribution in [0.1, 0.15) is 32.6 Å². The molecule has 2 aliphatic rings. The van der Waals surface area contributed by atoms with Crippen LogP contribution >= 0.6 is 15.9 Å². The molecule has 0 radical (unpaired) electrons. The van der Waals surface area contributed by atoms with Gasteiger partial charge in [-0.3, -0.25) is 4.79 Å². The van der Waals surface area contributed by atoms with Gasteiger partial charge in [-0.1, -0.05) is 22.9 Å². The van der Waals surface area contributed by atoms with Crippen LogP contribution in [0.2, 0.25) is 0 Å². The fourth-order valence-electron chi connectivity index (χ4n) is 2.30. The molecule has 4 heteroatoms. The normalized spacial score (nSPS) is 31.4. The van der Waals surface area contributed by atoms with Crippen molar-refractivity contribution in [1.29, 1.82) is 0 Å². The predicted molar refractivity (Wildman–Crippen MR) is 66.6 cm³/mol. The maximum Gasteiger partial charge on any atom is 0.249 e. The van der Waals surface area contributed by atoms with Crippen LogP contribution in [-0.4, -0.2) is 30.5 Å². The molecule has 1 N–H and O–H groups in total. The van der Waals surface area contributed by atoms with E-state index in [9.17, 15) is 4.79 Å². The summed E-state index contributed by atoms with van der Waals surface area (Å²) in [5.41, 5.74) is 0.390. The highest BCUT2D eigenvalue weighted by Gasteiger charge is 2.42. The lowest BCUT2D eigenvalue weighted by molar-refractivity contribution is -0.131. The molecule has 1 aliphatic heterocycles. The number of alkyl halides is 1. The quantitative estimate of drug-likeness (QED) is 0.787. The fourth-order valence-corrected chi connectivity index (χ4v) is 3.14. The van der Waals surface area contributed by atoms with Gasteiger partial charge in [0.1, 0.15) is 6.10 Å². The molecule has 1 saturated heterocycles. The summed E-state index contributed by atoms with van der Waals surface area (Å²) < 4.78 is 5.45. The lowest BCUT2D eigenvalue weighted by Crippen LogP contribution is -2.40. The van der Waals surface area contributed by atoms with E-state index in [2.05, 4.69) is 28.2 Å². The van der Waals surface area contributed by atoms with E-state index in [1.165, 1.54) is 12.8 Å². The van der Waals surface area contributed by atoms with Crippen LogP contribution in [0.25, 0.3) is 0 Å². The van der Waals surface area contributed by atoms with E-state index >= 15 is 0 Å². The molecule has 2 unspecified atom stereocenters. The van der Waals surface area contributed by atoms with Crippen molar-refractivity contribution >= 4 is 21.8 Å². The van der Waals surface area contributed by atoms with E-state index in [1.807, 2.05) is 0 Å². The molecule has 1 amide bonds. The van der Waals surface area contributed by atoms with E-state index in [-0.39, 0.29) is 12.0 Å². The number of carbonyl (C=O) groups is 1. The third-order valence-electron chi connectivity index (χ3n) is 3.87. The van der Waals surface area contributed by atoms with E-state index in [0.29, 0.717) is 11.3 Å². The molecule has 1 saturated carbocycles. The molecule has 0 aromatic rings. The second kappa shape index (κ2) is 5.05. The van der Waals surface area contributed by atoms with Gasteiger partial charge in [-0.05, 0) is 37.0 Å². The van der Waals surface area contributed by atoms with Crippen LogP contribution in [0.15, 0.2) is 0 Å². The number of carbonyl (C=O) groups excluding carboxylic acids is 1. The molecule has 16 heavy (non-hydrogen) atoms. The summed E-state index contributed by atoms with van der Waals surface area (Å²) >= 11 is 3.47. The highest BCUT2D eigenvalue weighted by molar-refractivity contribution is 9.09. The van der Waals surface area contributed by atoms with Gasteiger partial charge in [-0.15, -0.1) is 0 Å². The first-order valence-corrected chi connectivity index (χ1v) is 7.24. The average molecular weight is 290 g/mol. The van der Waals surface area contributed by atoms with Gasteiger partial charge in [0.05, 0.1) is 0 Å². The Morgan fingerprint density at radius 3 is 2.81 bits per heavy atom. The molecule has 2 fully saturated rings. The fraction of sp³-hybridized carbons (Fsp3) is 0.917. The first-order chi connectivity index (χ1) is 7.67. The Bertz CT molecular complexity index is 266. The van der Waals surface area contributed by atoms with Crippen molar-refractivity contribution in [2.24, 2.45) is 11.3 Å². The number of halogens is 1. The Labute approximate surface area is 105 Å². The summed E-state index contributed by atoms with van der Waals surface area (Å²) in [6.07, 6.45) is 4.46. The van der Waals surface area contributed by atoms with Gasteiger partial charge in [-0.2, -0.15) is 0 Å². The van der Waals surface area contributed by atoms with Crippen molar-refractivity contribution in [1.82, 2.24) is 5.32 Å². The van der Waals surface area contributed by atoms with Crippen LogP contribution in [0.3, 0.4) is 0 Å². The van der Waals surface area contributed by atoms with Gasteiger partial charge in [0.2, 0.25) is 5.91 Å². The highest BCUT2D eigenvalue weighted by Crippen LogP contribution is 2.48. The minimum atomic E-state index is -0.209. The van der Waals surface area contributed by atoms with Crippen molar-refractivity contribution in [3.63, 3.8) is 0 Å². The topological polar surface area (TPSA) is 38.3 Å². The lowest BCUT2D eigenvalue weighted by atomic mass is 10.0. The van der Waals surface area contributed by atoms with Gasteiger partial charge in [-0.25, -0.2) is 0 Å². The molecule has 0 aromatic carbocycles. The van der Waals surface area contributed by atoms with E-state index in [1.54, 1.807) is 0 Å². The smallest absolute Gasteiger partial charge is 0.249 e. The SMILES string of the molecule is CC1CCOC1C(=O)NCC1(CCBr)CC1. The Kier molecular flexibility index (Phi) is 3.90. The molecule has 0 aromatic heterocycles. The minimum absolute atomic E-state index is 0.0887. The molecule has 3 nitrogen and oxygen atoms in total. The third-order valence-corrected chi connectivity index (χ3v) is 4.26. The number of hydrogen-bond donors (Lipinski definition) is 1. The van der Waals surface area contributed by atoms with Crippen LogP contribution < -0.4 is 5.32 Å². The summed E-state index contributed by atoms with van der Waals surface area (Å²) in [5.74, 6) is 0.456. The minimum Gasteiger partial charge on any atom is -0.368 e. The maximum absolute atomic E-state index is 11.9. The summed E-state index contributed by atoms with van der Waals surface area (Å²) in [5, 5.41) is 4.08. The number of hydrogen-bond acceptors (Lipinski definition) is 2. The Hall–Kier alpha value is -0.0900. The molecule has 1 aliphatic carbocycles. The molecular weight excluding hydrogens is 270 g/mol. The van der Waals surface area contributed by atoms with Crippen LogP contribution in [0, 0.1) is 11.3 Å². The zero-order valence-electron chi connectivity index (χ0n) is 9.80. The highest BCUT2D eigenvalue weighted by atomic mass is 79.9. The van der Waals surface area contributed by atoms with Gasteiger partial charge >= 0.3 is 0 Å². The van der Waals surface area contributed by atoms with Crippen LogP contribution in [0.5, 0.6) is 0 Å². The number of amides is 1.